The molecule has 1 aromatic carbocycles. The van der Waals surface area contributed by atoms with Gasteiger partial charge in [-0.3, -0.25) is 19.9 Å². The molecule has 0 aliphatic rings. The fraction of sp³-hybridized carbons (Fsp3) is 0.143. The molecule has 2 aromatic rings. The predicted molar refractivity (Wildman–Crippen MR) is 74.8 cm³/mol. The van der Waals surface area contributed by atoms with Gasteiger partial charge in [0.2, 0.25) is 0 Å². The summed E-state index contributed by atoms with van der Waals surface area (Å²) in [5.41, 5.74) is 1.49. The van der Waals surface area contributed by atoms with Gasteiger partial charge in [0.1, 0.15) is 0 Å². The number of hydrogen-bond donors (Lipinski definition) is 0. The molecule has 0 radical (unpaired) electrons. The summed E-state index contributed by atoms with van der Waals surface area (Å²) in [4.78, 5) is 27.2. The van der Waals surface area contributed by atoms with Gasteiger partial charge in [-0.2, -0.15) is 0 Å². The molecule has 2 rings (SSSR count). The lowest BCUT2D eigenvalue weighted by molar-refractivity contribution is -0.385. The first-order chi connectivity index (χ1) is 9.61. The third-order valence-corrected chi connectivity index (χ3v) is 2.90. The number of rotatable bonds is 5. The Morgan fingerprint density at radius 3 is 2.75 bits per heavy atom. The quantitative estimate of drug-likeness (QED) is 0.474. The number of nitro benzene ring substituents is 1. The van der Waals surface area contributed by atoms with E-state index in [0.717, 1.165) is 11.4 Å². The van der Waals surface area contributed by atoms with E-state index in [-0.39, 0.29) is 11.3 Å². The van der Waals surface area contributed by atoms with Gasteiger partial charge in [0.25, 0.3) is 5.69 Å². The average molecular weight is 271 g/mol. The molecule has 0 atom stereocenters. The molecular weight excluding hydrogens is 258 g/mol. The van der Waals surface area contributed by atoms with Gasteiger partial charge in [-0.05, 0) is 24.3 Å². The van der Waals surface area contributed by atoms with E-state index >= 15 is 0 Å². The minimum atomic E-state index is -0.563. The number of aldehydes is 1. The van der Waals surface area contributed by atoms with Crippen molar-refractivity contribution >= 4 is 17.7 Å². The van der Waals surface area contributed by atoms with Crippen molar-refractivity contribution in [2.75, 3.05) is 11.9 Å². The van der Waals surface area contributed by atoms with Crippen LogP contribution in [0, 0.1) is 10.1 Å². The molecule has 0 amide bonds. The zero-order chi connectivity index (χ0) is 14.5. The van der Waals surface area contributed by atoms with Gasteiger partial charge in [-0.15, -0.1) is 0 Å². The Hall–Kier alpha value is -2.76. The molecule has 0 bridgehead atoms. The van der Waals surface area contributed by atoms with Crippen molar-refractivity contribution in [3.63, 3.8) is 0 Å². The molecule has 6 heteroatoms. The number of carbonyl (C=O) groups excluding carboxylic acids is 1. The molecule has 102 valence electrons. The number of benzene rings is 1. The highest BCUT2D eigenvalue weighted by Crippen LogP contribution is 2.23. The Labute approximate surface area is 115 Å². The predicted octanol–water partition coefficient (Wildman–Crippen LogP) is 2.44. The largest absolute Gasteiger partial charge is 0.369 e. The summed E-state index contributed by atoms with van der Waals surface area (Å²) in [7, 11) is 1.84. The molecule has 6 nitrogen and oxygen atoms in total. The zero-order valence-corrected chi connectivity index (χ0v) is 10.9. The fourth-order valence-electron chi connectivity index (χ4n) is 1.87. The van der Waals surface area contributed by atoms with E-state index in [1.165, 1.54) is 12.1 Å². The molecule has 0 fully saturated rings. The lowest BCUT2D eigenvalue weighted by Gasteiger charge is -2.19. The number of nitro groups is 1. The van der Waals surface area contributed by atoms with E-state index in [4.69, 9.17) is 0 Å². The molecule has 0 saturated heterocycles. The van der Waals surface area contributed by atoms with Gasteiger partial charge >= 0.3 is 0 Å². The van der Waals surface area contributed by atoms with E-state index in [2.05, 4.69) is 4.98 Å². The second kappa shape index (κ2) is 5.92. The summed E-state index contributed by atoms with van der Waals surface area (Å²) in [5, 5.41) is 10.8. The van der Waals surface area contributed by atoms with E-state index < -0.39 is 4.92 Å². The molecule has 0 unspecified atom stereocenters. The first-order valence-corrected chi connectivity index (χ1v) is 5.96. The first-order valence-electron chi connectivity index (χ1n) is 5.96. The van der Waals surface area contributed by atoms with E-state index in [0.29, 0.717) is 12.8 Å². The van der Waals surface area contributed by atoms with Crippen molar-refractivity contribution < 1.29 is 9.72 Å². The van der Waals surface area contributed by atoms with Crippen molar-refractivity contribution in [3.8, 4) is 0 Å². The number of hydrogen-bond acceptors (Lipinski definition) is 5. The molecule has 1 aromatic heterocycles. The van der Waals surface area contributed by atoms with Crippen LogP contribution in [0.25, 0.3) is 0 Å². The van der Waals surface area contributed by atoms with Crippen LogP contribution < -0.4 is 4.90 Å². The number of nitrogens with zero attached hydrogens (tertiary/aromatic N) is 3. The molecule has 0 aliphatic heterocycles. The second-order valence-electron chi connectivity index (χ2n) is 4.30. The Morgan fingerprint density at radius 1 is 1.35 bits per heavy atom. The number of aromatic nitrogens is 1. The van der Waals surface area contributed by atoms with Gasteiger partial charge in [0.05, 0.1) is 22.7 Å². The van der Waals surface area contributed by atoms with Crippen LogP contribution in [0.1, 0.15) is 16.1 Å². The van der Waals surface area contributed by atoms with E-state index in [1.54, 1.807) is 12.3 Å². The maximum Gasteiger partial charge on any atom is 0.280 e. The van der Waals surface area contributed by atoms with Crippen molar-refractivity contribution in [2.45, 2.75) is 6.54 Å². The Kier molecular flexibility index (Phi) is 4.05. The molecule has 0 aliphatic carbocycles. The molecular formula is C14H13N3O3. The highest BCUT2D eigenvalue weighted by atomic mass is 16.6. The summed E-state index contributed by atoms with van der Waals surface area (Å²) in [6.07, 6.45) is 2.20. The number of carbonyl (C=O) groups is 1. The third-order valence-electron chi connectivity index (χ3n) is 2.90. The Morgan fingerprint density at radius 2 is 2.15 bits per heavy atom. The van der Waals surface area contributed by atoms with Crippen LogP contribution in [0.5, 0.6) is 0 Å². The van der Waals surface area contributed by atoms with Crippen LogP contribution in [-0.2, 0) is 6.54 Å². The minimum Gasteiger partial charge on any atom is -0.369 e. The van der Waals surface area contributed by atoms with Gasteiger partial charge in [-0.1, -0.05) is 6.07 Å². The maximum absolute atomic E-state index is 10.9. The lowest BCUT2D eigenvalue weighted by Crippen LogP contribution is -2.17. The SMILES string of the molecule is CN(Cc1ccccn1)c1ccc([N+](=O)[O-])c(C=O)c1. The highest BCUT2D eigenvalue weighted by Gasteiger charge is 2.14. The van der Waals surface area contributed by atoms with Gasteiger partial charge in [0.15, 0.2) is 6.29 Å². The molecule has 0 spiro atoms. The van der Waals surface area contributed by atoms with Crippen LogP contribution in [0.15, 0.2) is 42.6 Å². The normalized spacial score (nSPS) is 10.1. The van der Waals surface area contributed by atoms with Crippen LogP contribution >= 0.6 is 0 Å². The lowest BCUT2D eigenvalue weighted by atomic mass is 10.1. The van der Waals surface area contributed by atoms with Gasteiger partial charge < -0.3 is 4.90 Å². The second-order valence-corrected chi connectivity index (χ2v) is 4.30. The molecule has 0 saturated carbocycles. The van der Waals surface area contributed by atoms with Crippen molar-refractivity contribution in [2.24, 2.45) is 0 Å². The Balaban J connectivity index is 2.24. The van der Waals surface area contributed by atoms with Gasteiger partial charge in [-0.25, -0.2) is 0 Å². The summed E-state index contributed by atoms with van der Waals surface area (Å²) in [5.74, 6) is 0. The molecule has 0 N–H and O–H groups in total. The zero-order valence-electron chi connectivity index (χ0n) is 10.9. The van der Waals surface area contributed by atoms with Crippen LogP contribution in [0.3, 0.4) is 0 Å². The molecule has 20 heavy (non-hydrogen) atoms. The van der Waals surface area contributed by atoms with Crippen molar-refractivity contribution in [1.82, 2.24) is 4.98 Å². The van der Waals surface area contributed by atoms with E-state index in [9.17, 15) is 14.9 Å². The number of anilines is 1. The maximum atomic E-state index is 10.9. The summed E-state index contributed by atoms with van der Waals surface area (Å²) in [6, 6.07) is 10.1. The first kappa shape index (κ1) is 13.7. The average Bonchev–Trinajstić information content (AvgIpc) is 2.47. The summed E-state index contributed by atoms with van der Waals surface area (Å²) in [6.45, 7) is 0.553. The topological polar surface area (TPSA) is 76.3 Å². The van der Waals surface area contributed by atoms with Crippen LogP contribution in [0.2, 0.25) is 0 Å². The van der Waals surface area contributed by atoms with Crippen LogP contribution in [0.4, 0.5) is 11.4 Å². The van der Waals surface area contributed by atoms with E-state index in [1.807, 2.05) is 30.1 Å². The molecule has 1 heterocycles. The summed E-state index contributed by atoms with van der Waals surface area (Å²) >= 11 is 0. The standard InChI is InChI=1S/C14H13N3O3/c1-16(9-12-4-2-3-7-15-12)13-5-6-14(17(19)20)11(8-13)10-18/h2-8,10H,9H2,1H3. The minimum absolute atomic E-state index is 0.0698. The Bertz CT molecular complexity index is 629. The highest BCUT2D eigenvalue weighted by molar-refractivity contribution is 5.83. The van der Waals surface area contributed by atoms with Gasteiger partial charge in [0, 0.05) is 25.0 Å². The van der Waals surface area contributed by atoms with Crippen molar-refractivity contribution in [1.29, 1.82) is 0 Å². The fourth-order valence-corrected chi connectivity index (χ4v) is 1.87. The smallest absolute Gasteiger partial charge is 0.280 e. The third kappa shape index (κ3) is 2.97. The monoisotopic (exact) mass is 271 g/mol. The van der Waals surface area contributed by atoms with Crippen LogP contribution in [-0.4, -0.2) is 23.2 Å². The number of pyridine rings is 1. The summed E-state index contributed by atoms with van der Waals surface area (Å²) < 4.78 is 0. The van der Waals surface area contributed by atoms with Crippen molar-refractivity contribution in [3.05, 3.63) is 64.0 Å².